The van der Waals surface area contributed by atoms with Gasteiger partial charge < -0.3 is 15.4 Å². The van der Waals surface area contributed by atoms with E-state index < -0.39 is 0 Å². The van der Waals surface area contributed by atoms with Crippen LogP contribution in [0, 0.1) is 17.8 Å². The summed E-state index contributed by atoms with van der Waals surface area (Å²) in [6.45, 7) is 13.2. The van der Waals surface area contributed by atoms with E-state index in [2.05, 4.69) is 46.6 Å². The van der Waals surface area contributed by atoms with Gasteiger partial charge in [0.2, 0.25) is 0 Å². The molecule has 18 heavy (non-hydrogen) atoms. The molecular formula is C15H30N2O. The zero-order valence-corrected chi connectivity index (χ0v) is 12.9. The normalized spacial score (nSPS) is 41.3. The Labute approximate surface area is 112 Å². The SMILES string of the molecule is CC1CC1CN(C)CC1C(N)C(C)(C)OC1(C)C. The molecule has 1 aliphatic carbocycles. The van der Waals surface area contributed by atoms with Crippen LogP contribution in [0.2, 0.25) is 0 Å². The van der Waals surface area contributed by atoms with Crippen LogP contribution in [0.3, 0.4) is 0 Å². The molecule has 3 nitrogen and oxygen atoms in total. The zero-order chi connectivity index (χ0) is 13.7. The predicted molar refractivity (Wildman–Crippen MR) is 75.5 cm³/mol. The summed E-state index contributed by atoms with van der Waals surface area (Å²) in [7, 11) is 2.22. The van der Waals surface area contributed by atoms with Crippen LogP contribution in [0.4, 0.5) is 0 Å². The Morgan fingerprint density at radius 3 is 2.11 bits per heavy atom. The van der Waals surface area contributed by atoms with E-state index in [-0.39, 0.29) is 17.2 Å². The summed E-state index contributed by atoms with van der Waals surface area (Å²) in [5, 5.41) is 0. The molecule has 0 spiro atoms. The molecule has 2 rings (SSSR count). The molecule has 106 valence electrons. The summed E-state index contributed by atoms with van der Waals surface area (Å²) in [5.41, 5.74) is 6.08. The van der Waals surface area contributed by atoms with Crippen molar-refractivity contribution in [2.45, 2.75) is 58.3 Å². The number of rotatable bonds is 4. The molecule has 2 N–H and O–H groups in total. The quantitative estimate of drug-likeness (QED) is 0.835. The van der Waals surface area contributed by atoms with Crippen LogP contribution < -0.4 is 5.73 Å². The molecule has 0 amide bonds. The summed E-state index contributed by atoms with van der Waals surface area (Å²) < 4.78 is 6.15. The molecule has 4 atom stereocenters. The number of nitrogens with zero attached hydrogens (tertiary/aromatic N) is 1. The summed E-state index contributed by atoms with van der Waals surface area (Å²) in [4.78, 5) is 2.45. The number of nitrogens with two attached hydrogens (primary N) is 1. The second-order valence-electron chi connectivity index (χ2n) is 7.64. The number of hydrogen-bond acceptors (Lipinski definition) is 3. The Hall–Kier alpha value is -0.120. The van der Waals surface area contributed by atoms with Gasteiger partial charge in [-0.25, -0.2) is 0 Å². The van der Waals surface area contributed by atoms with Crippen LogP contribution in [0.15, 0.2) is 0 Å². The Balaban J connectivity index is 1.94. The van der Waals surface area contributed by atoms with Gasteiger partial charge in [-0.15, -0.1) is 0 Å². The fourth-order valence-electron chi connectivity index (χ4n) is 3.54. The average molecular weight is 254 g/mol. The first-order chi connectivity index (χ1) is 8.13. The highest BCUT2D eigenvalue weighted by Gasteiger charge is 2.52. The molecule has 2 aliphatic rings. The second-order valence-corrected chi connectivity index (χ2v) is 7.64. The monoisotopic (exact) mass is 254 g/mol. The van der Waals surface area contributed by atoms with E-state index >= 15 is 0 Å². The highest BCUT2D eigenvalue weighted by molar-refractivity contribution is 5.04. The fourth-order valence-corrected chi connectivity index (χ4v) is 3.54. The van der Waals surface area contributed by atoms with Crippen molar-refractivity contribution in [3.05, 3.63) is 0 Å². The molecule has 1 saturated carbocycles. The topological polar surface area (TPSA) is 38.5 Å². The molecule has 3 heteroatoms. The Kier molecular flexibility index (Phi) is 3.54. The minimum Gasteiger partial charge on any atom is -0.368 e. The third-order valence-corrected chi connectivity index (χ3v) is 4.99. The summed E-state index contributed by atoms with van der Waals surface area (Å²) in [5.74, 6) is 2.24. The van der Waals surface area contributed by atoms with Crippen LogP contribution in [-0.4, -0.2) is 42.3 Å². The minimum atomic E-state index is -0.206. The van der Waals surface area contributed by atoms with Crippen molar-refractivity contribution in [3.8, 4) is 0 Å². The van der Waals surface area contributed by atoms with Gasteiger partial charge in [0.1, 0.15) is 0 Å². The first-order valence-electron chi connectivity index (χ1n) is 7.28. The summed E-state index contributed by atoms with van der Waals surface area (Å²) in [6.07, 6.45) is 1.40. The van der Waals surface area contributed by atoms with E-state index in [4.69, 9.17) is 10.5 Å². The van der Waals surface area contributed by atoms with Gasteiger partial charge in [-0.2, -0.15) is 0 Å². The van der Waals surface area contributed by atoms with Crippen LogP contribution in [-0.2, 0) is 4.74 Å². The molecule has 0 radical (unpaired) electrons. The molecule has 0 aromatic heterocycles. The highest BCUT2D eigenvalue weighted by atomic mass is 16.5. The Bertz CT molecular complexity index is 314. The first-order valence-corrected chi connectivity index (χ1v) is 7.28. The van der Waals surface area contributed by atoms with Crippen LogP contribution in [0.25, 0.3) is 0 Å². The summed E-state index contributed by atoms with van der Waals surface area (Å²) >= 11 is 0. The van der Waals surface area contributed by atoms with Crippen molar-refractivity contribution in [1.82, 2.24) is 4.90 Å². The van der Waals surface area contributed by atoms with E-state index in [1.165, 1.54) is 13.0 Å². The van der Waals surface area contributed by atoms with Crippen molar-refractivity contribution in [1.29, 1.82) is 0 Å². The number of ether oxygens (including phenoxy) is 1. The first kappa shape index (κ1) is 14.3. The van der Waals surface area contributed by atoms with Gasteiger partial charge in [0.05, 0.1) is 11.2 Å². The van der Waals surface area contributed by atoms with Gasteiger partial charge in [-0.3, -0.25) is 0 Å². The third-order valence-electron chi connectivity index (χ3n) is 4.99. The lowest BCUT2D eigenvalue weighted by molar-refractivity contribution is -0.0781. The summed E-state index contributed by atoms with van der Waals surface area (Å²) in [6, 6.07) is 0.117. The molecule has 4 unspecified atom stereocenters. The van der Waals surface area contributed by atoms with Crippen LogP contribution >= 0.6 is 0 Å². The van der Waals surface area contributed by atoms with Gasteiger partial charge in [0.15, 0.2) is 0 Å². The molecule has 1 saturated heterocycles. The van der Waals surface area contributed by atoms with E-state index in [0.29, 0.717) is 5.92 Å². The van der Waals surface area contributed by atoms with Gasteiger partial charge in [-0.05, 0) is 53.0 Å². The Morgan fingerprint density at radius 1 is 1.17 bits per heavy atom. The van der Waals surface area contributed by atoms with E-state index in [1.807, 2.05) is 0 Å². The average Bonchev–Trinajstić information content (AvgIpc) is 2.83. The molecule has 0 bridgehead atoms. The number of hydrogen-bond donors (Lipinski definition) is 1. The third kappa shape index (κ3) is 2.73. The maximum absolute atomic E-state index is 6.40. The van der Waals surface area contributed by atoms with E-state index in [0.717, 1.165) is 18.4 Å². The van der Waals surface area contributed by atoms with Crippen molar-refractivity contribution in [2.75, 3.05) is 20.1 Å². The van der Waals surface area contributed by atoms with Gasteiger partial charge in [0.25, 0.3) is 0 Å². The van der Waals surface area contributed by atoms with Crippen LogP contribution in [0.1, 0.15) is 41.0 Å². The Morgan fingerprint density at radius 2 is 1.72 bits per heavy atom. The molecule has 1 heterocycles. The fraction of sp³-hybridized carbons (Fsp3) is 1.00. The lowest BCUT2D eigenvalue weighted by Crippen LogP contribution is -2.47. The minimum absolute atomic E-state index is 0.117. The lowest BCUT2D eigenvalue weighted by Gasteiger charge is -2.31. The maximum Gasteiger partial charge on any atom is 0.0788 e. The lowest BCUT2D eigenvalue weighted by atomic mass is 9.83. The van der Waals surface area contributed by atoms with Gasteiger partial charge in [-0.1, -0.05) is 6.92 Å². The van der Waals surface area contributed by atoms with Crippen molar-refractivity contribution in [3.63, 3.8) is 0 Å². The zero-order valence-electron chi connectivity index (χ0n) is 12.9. The van der Waals surface area contributed by atoms with Crippen molar-refractivity contribution >= 4 is 0 Å². The van der Waals surface area contributed by atoms with Gasteiger partial charge >= 0.3 is 0 Å². The molecular weight excluding hydrogens is 224 g/mol. The standard InChI is InChI=1S/C15H30N2O/c1-10-7-11(10)8-17(6)9-12-13(16)15(4,5)18-14(12,2)3/h10-13H,7-9,16H2,1-6H3. The maximum atomic E-state index is 6.40. The second kappa shape index (κ2) is 4.46. The van der Waals surface area contributed by atoms with Crippen LogP contribution in [0.5, 0.6) is 0 Å². The largest absolute Gasteiger partial charge is 0.368 e. The highest BCUT2D eigenvalue weighted by Crippen LogP contribution is 2.42. The molecule has 2 fully saturated rings. The molecule has 0 aromatic carbocycles. The van der Waals surface area contributed by atoms with Gasteiger partial charge in [0, 0.05) is 25.0 Å². The molecule has 1 aliphatic heterocycles. The van der Waals surface area contributed by atoms with Crippen molar-refractivity contribution < 1.29 is 4.74 Å². The predicted octanol–water partition coefficient (Wildman–Crippen LogP) is 2.11. The van der Waals surface area contributed by atoms with E-state index in [1.54, 1.807) is 0 Å². The molecule has 0 aromatic rings. The van der Waals surface area contributed by atoms with E-state index in [9.17, 15) is 0 Å². The smallest absolute Gasteiger partial charge is 0.0788 e. The van der Waals surface area contributed by atoms with Crippen molar-refractivity contribution in [2.24, 2.45) is 23.5 Å².